The Kier molecular flexibility index (Phi) is 2.96. The number of amidine groups is 1. The molecule has 0 aliphatic carbocycles. The first-order valence-electron chi connectivity index (χ1n) is 6.17. The van der Waals surface area contributed by atoms with Crippen LogP contribution in [0.2, 0.25) is 0 Å². The first-order chi connectivity index (χ1) is 9.65. The molecule has 20 heavy (non-hydrogen) atoms. The monoisotopic (exact) mass is 269 g/mol. The Labute approximate surface area is 115 Å². The van der Waals surface area contributed by atoms with E-state index in [0.29, 0.717) is 17.9 Å². The normalized spacial score (nSPS) is 17.9. The van der Waals surface area contributed by atoms with Gasteiger partial charge in [-0.15, -0.1) is 0 Å². The van der Waals surface area contributed by atoms with Crippen molar-refractivity contribution in [2.75, 3.05) is 0 Å². The van der Waals surface area contributed by atoms with Crippen LogP contribution in [-0.4, -0.2) is 21.3 Å². The van der Waals surface area contributed by atoms with Crippen LogP contribution >= 0.6 is 0 Å². The van der Waals surface area contributed by atoms with Gasteiger partial charge >= 0.3 is 0 Å². The Bertz CT molecular complexity index is 684. The standard InChI is InChI=1S/C13H15N7/c14-11-9-10(12(15)19-13(16)18-11)20(7-17-9)6-8-4-2-1-3-5-8/h1-5,7,11H,6,14H2,(H4,15,16,18,19). The molecule has 1 aliphatic rings. The number of hydrogen-bond acceptors (Lipinski definition) is 6. The minimum atomic E-state index is -0.646. The van der Waals surface area contributed by atoms with E-state index in [1.54, 1.807) is 6.33 Å². The molecule has 7 nitrogen and oxygen atoms in total. The summed E-state index contributed by atoms with van der Waals surface area (Å²) in [4.78, 5) is 12.3. The second-order valence-corrected chi connectivity index (χ2v) is 4.52. The lowest BCUT2D eigenvalue weighted by Crippen LogP contribution is -2.22. The number of rotatable bonds is 2. The maximum Gasteiger partial charge on any atom is 0.219 e. The Hall–Kier alpha value is -2.67. The lowest BCUT2D eigenvalue weighted by Gasteiger charge is -2.09. The van der Waals surface area contributed by atoms with E-state index < -0.39 is 6.17 Å². The first kappa shape index (κ1) is 12.4. The second-order valence-electron chi connectivity index (χ2n) is 4.52. The van der Waals surface area contributed by atoms with E-state index >= 15 is 0 Å². The molecule has 3 rings (SSSR count). The molecule has 0 fully saturated rings. The number of benzene rings is 1. The van der Waals surface area contributed by atoms with Gasteiger partial charge in [-0.3, -0.25) is 0 Å². The highest BCUT2D eigenvalue weighted by Crippen LogP contribution is 2.19. The van der Waals surface area contributed by atoms with Gasteiger partial charge in [0.1, 0.15) is 17.6 Å². The summed E-state index contributed by atoms with van der Waals surface area (Å²) in [6.45, 7) is 0.631. The molecule has 1 aliphatic heterocycles. The highest BCUT2D eigenvalue weighted by atomic mass is 15.2. The summed E-state index contributed by atoms with van der Waals surface area (Å²) in [6, 6.07) is 9.99. The molecule has 1 aromatic heterocycles. The Morgan fingerprint density at radius 1 is 1.15 bits per heavy atom. The van der Waals surface area contributed by atoms with Crippen LogP contribution in [0.4, 0.5) is 0 Å². The molecule has 102 valence electrons. The number of nitrogens with zero attached hydrogens (tertiary/aromatic N) is 4. The van der Waals surface area contributed by atoms with Crippen LogP contribution < -0.4 is 17.2 Å². The maximum atomic E-state index is 5.97. The molecular formula is C13H15N7. The zero-order valence-electron chi connectivity index (χ0n) is 10.8. The van der Waals surface area contributed by atoms with Gasteiger partial charge in [-0.05, 0) is 5.56 Å². The van der Waals surface area contributed by atoms with E-state index in [9.17, 15) is 0 Å². The second kappa shape index (κ2) is 4.78. The van der Waals surface area contributed by atoms with Gasteiger partial charge in [-0.25, -0.2) is 9.98 Å². The van der Waals surface area contributed by atoms with Crippen molar-refractivity contribution in [3.05, 3.63) is 53.6 Å². The van der Waals surface area contributed by atoms with Gasteiger partial charge in [0.25, 0.3) is 0 Å². The van der Waals surface area contributed by atoms with Crippen molar-refractivity contribution >= 4 is 11.8 Å². The molecule has 2 heterocycles. The van der Waals surface area contributed by atoms with Crippen molar-refractivity contribution in [1.29, 1.82) is 0 Å². The third-order valence-electron chi connectivity index (χ3n) is 3.09. The van der Waals surface area contributed by atoms with E-state index in [1.165, 1.54) is 0 Å². The highest BCUT2D eigenvalue weighted by molar-refractivity contribution is 6.05. The summed E-state index contributed by atoms with van der Waals surface area (Å²) < 4.78 is 1.90. The molecular weight excluding hydrogens is 254 g/mol. The van der Waals surface area contributed by atoms with Gasteiger partial charge in [-0.2, -0.15) is 4.99 Å². The van der Waals surface area contributed by atoms with Crippen LogP contribution in [0, 0.1) is 0 Å². The molecule has 0 radical (unpaired) electrons. The average molecular weight is 269 g/mol. The molecule has 0 saturated carbocycles. The van der Waals surface area contributed by atoms with Crippen molar-refractivity contribution < 1.29 is 0 Å². The lowest BCUT2D eigenvalue weighted by molar-refractivity contribution is 0.741. The van der Waals surface area contributed by atoms with Crippen molar-refractivity contribution in [1.82, 2.24) is 9.55 Å². The number of fused-ring (bicyclic) bond motifs is 1. The molecule has 1 unspecified atom stereocenters. The Balaban J connectivity index is 2.03. The number of aromatic nitrogens is 2. The number of hydrogen-bond donors (Lipinski definition) is 3. The summed E-state index contributed by atoms with van der Waals surface area (Å²) in [5.41, 5.74) is 19.9. The SMILES string of the molecule is NC1=NC(N)c2ncn(Cc3ccccc3)c2C(N)=N1. The molecule has 0 saturated heterocycles. The van der Waals surface area contributed by atoms with Crippen LogP contribution in [0.3, 0.4) is 0 Å². The molecule has 0 bridgehead atoms. The van der Waals surface area contributed by atoms with Gasteiger partial charge in [-0.1, -0.05) is 30.3 Å². The first-order valence-corrected chi connectivity index (χ1v) is 6.17. The summed E-state index contributed by atoms with van der Waals surface area (Å²) in [5.74, 6) is 0.349. The Morgan fingerprint density at radius 2 is 1.90 bits per heavy atom. The zero-order valence-corrected chi connectivity index (χ0v) is 10.8. The molecule has 6 N–H and O–H groups in total. The minimum Gasteiger partial charge on any atom is -0.382 e. The fourth-order valence-corrected chi connectivity index (χ4v) is 2.20. The van der Waals surface area contributed by atoms with Gasteiger partial charge < -0.3 is 21.8 Å². The third-order valence-corrected chi connectivity index (χ3v) is 3.09. The highest BCUT2D eigenvalue weighted by Gasteiger charge is 2.22. The average Bonchev–Trinajstić information content (AvgIpc) is 2.78. The molecule has 0 spiro atoms. The van der Waals surface area contributed by atoms with Crippen LogP contribution in [0.1, 0.15) is 23.1 Å². The van der Waals surface area contributed by atoms with Crippen LogP contribution in [0.5, 0.6) is 0 Å². The molecule has 1 atom stereocenters. The minimum absolute atomic E-state index is 0.0688. The van der Waals surface area contributed by atoms with E-state index in [1.807, 2.05) is 34.9 Å². The predicted octanol–water partition coefficient (Wildman–Crippen LogP) is -0.0777. The van der Waals surface area contributed by atoms with Gasteiger partial charge in [0.2, 0.25) is 5.96 Å². The smallest absolute Gasteiger partial charge is 0.219 e. The molecule has 7 heteroatoms. The third kappa shape index (κ3) is 2.14. The molecule has 2 aromatic rings. The van der Waals surface area contributed by atoms with E-state index in [4.69, 9.17) is 17.2 Å². The van der Waals surface area contributed by atoms with Crippen molar-refractivity contribution in [2.45, 2.75) is 12.7 Å². The van der Waals surface area contributed by atoms with E-state index in [0.717, 1.165) is 5.56 Å². The van der Waals surface area contributed by atoms with Gasteiger partial charge in [0, 0.05) is 6.54 Å². The number of aliphatic imine (C=N–C) groups is 2. The quantitative estimate of drug-likeness (QED) is 0.706. The topological polar surface area (TPSA) is 121 Å². The predicted molar refractivity (Wildman–Crippen MR) is 77.0 cm³/mol. The van der Waals surface area contributed by atoms with Crippen LogP contribution in [0.15, 0.2) is 46.6 Å². The molecule has 1 aromatic carbocycles. The zero-order chi connectivity index (χ0) is 14.1. The Morgan fingerprint density at radius 3 is 2.65 bits per heavy atom. The van der Waals surface area contributed by atoms with Crippen molar-refractivity contribution in [3.8, 4) is 0 Å². The lowest BCUT2D eigenvalue weighted by atomic mass is 10.2. The number of nitrogens with two attached hydrogens (primary N) is 3. The number of imidazole rings is 1. The fraction of sp³-hybridized carbons (Fsp3) is 0.154. The summed E-state index contributed by atoms with van der Waals surface area (Å²) >= 11 is 0. The maximum absolute atomic E-state index is 5.97. The number of guanidine groups is 1. The van der Waals surface area contributed by atoms with E-state index in [2.05, 4.69) is 15.0 Å². The van der Waals surface area contributed by atoms with Gasteiger partial charge in [0.05, 0.1) is 6.33 Å². The van der Waals surface area contributed by atoms with Crippen molar-refractivity contribution in [3.63, 3.8) is 0 Å². The summed E-state index contributed by atoms with van der Waals surface area (Å²) in [7, 11) is 0. The van der Waals surface area contributed by atoms with Gasteiger partial charge in [0.15, 0.2) is 5.84 Å². The van der Waals surface area contributed by atoms with Crippen molar-refractivity contribution in [2.24, 2.45) is 27.2 Å². The van der Waals surface area contributed by atoms with Crippen LogP contribution in [0.25, 0.3) is 0 Å². The van der Waals surface area contributed by atoms with Crippen LogP contribution in [-0.2, 0) is 6.54 Å². The van der Waals surface area contributed by atoms with E-state index in [-0.39, 0.29) is 11.8 Å². The fourth-order valence-electron chi connectivity index (χ4n) is 2.20. The summed E-state index contributed by atoms with van der Waals surface area (Å²) in [5, 5.41) is 0. The summed E-state index contributed by atoms with van der Waals surface area (Å²) in [6.07, 6.45) is 1.04. The largest absolute Gasteiger partial charge is 0.382 e. The molecule has 0 amide bonds.